The Morgan fingerprint density at radius 2 is 2.35 bits per heavy atom. The van der Waals surface area contributed by atoms with Crippen LogP contribution in [0.15, 0.2) is 18.2 Å². The fourth-order valence-corrected chi connectivity index (χ4v) is 2.75. The normalized spacial score (nSPS) is 19.1. The molecule has 1 heterocycles. The summed E-state index contributed by atoms with van der Waals surface area (Å²) in [6.07, 6.45) is 3.49. The predicted molar refractivity (Wildman–Crippen MR) is 83.9 cm³/mol. The van der Waals surface area contributed by atoms with Gasteiger partial charge in [0, 0.05) is 36.0 Å². The van der Waals surface area contributed by atoms with Crippen LogP contribution in [0.4, 0.5) is 5.69 Å². The second-order valence-electron chi connectivity index (χ2n) is 5.16. The van der Waals surface area contributed by atoms with Crippen molar-refractivity contribution in [3.05, 3.63) is 28.8 Å². The van der Waals surface area contributed by atoms with E-state index in [4.69, 9.17) is 27.5 Å². The van der Waals surface area contributed by atoms with Crippen LogP contribution < -0.4 is 10.6 Å². The van der Waals surface area contributed by atoms with Gasteiger partial charge in [-0.15, -0.1) is 0 Å². The zero-order valence-electron chi connectivity index (χ0n) is 11.9. The van der Waals surface area contributed by atoms with Gasteiger partial charge in [0.05, 0.1) is 6.10 Å². The van der Waals surface area contributed by atoms with E-state index < -0.39 is 0 Å². The third kappa shape index (κ3) is 3.64. The van der Waals surface area contributed by atoms with Crippen LogP contribution in [0.25, 0.3) is 0 Å². The first-order chi connectivity index (χ1) is 9.61. The summed E-state index contributed by atoms with van der Waals surface area (Å²) < 4.78 is 5.86. The van der Waals surface area contributed by atoms with Gasteiger partial charge in [0.1, 0.15) is 5.84 Å². The Bertz CT molecular complexity index is 478. The number of nitrogens with one attached hydrogen (secondary N) is 1. The summed E-state index contributed by atoms with van der Waals surface area (Å²) in [5.74, 6) is 0.0547. The highest BCUT2D eigenvalue weighted by Crippen LogP contribution is 2.27. The monoisotopic (exact) mass is 295 g/mol. The molecular weight excluding hydrogens is 274 g/mol. The van der Waals surface area contributed by atoms with Crippen molar-refractivity contribution in [1.82, 2.24) is 0 Å². The van der Waals surface area contributed by atoms with Crippen molar-refractivity contribution in [3.63, 3.8) is 0 Å². The molecule has 4 nitrogen and oxygen atoms in total. The van der Waals surface area contributed by atoms with Gasteiger partial charge in [0.25, 0.3) is 0 Å². The lowest BCUT2D eigenvalue weighted by molar-refractivity contribution is 0.0440. The lowest BCUT2D eigenvalue weighted by Gasteiger charge is -2.35. The third-order valence-electron chi connectivity index (χ3n) is 3.53. The second kappa shape index (κ2) is 6.95. The molecule has 0 bridgehead atoms. The SMILES string of the molecule is CCCOC1CCCN(c2ccc(Cl)cc2C(=N)N)C1. The Balaban J connectivity index is 2.16. The molecule has 0 aromatic heterocycles. The molecule has 1 unspecified atom stereocenters. The summed E-state index contributed by atoms with van der Waals surface area (Å²) in [5, 5.41) is 8.32. The first-order valence-corrected chi connectivity index (χ1v) is 7.50. The second-order valence-corrected chi connectivity index (χ2v) is 5.59. The highest BCUT2D eigenvalue weighted by molar-refractivity contribution is 6.31. The largest absolute Gasteiger partial charge is 0.384 e. The van der Waals surface area contributed by atoms with E-state index >= 15 is 0 Å². The number of nitrogens with two attached hydrogens (primary N) is 1. The van der Waals surface area contributed by atoms with Crippen molar-refractivity contribution in [3.8, 4) is 0 Å². The molecule has 1 saturated heterocycles. The average molecular weight is 296 g/mol. The zero-order chi connectivity index (χ0) is 14.5. The van der Waals surface area contributed by atoms with E-state index in [1.54, 1.807) is 6.07 Å². The Morgan fingerprint density at radius 3 is 3.05 bits per heavy atom. The molecule has 1 aliphatic heterocycles. The topological polar surface area (TPSA) is 62.3 Å². The van der Waals surface area contributed by atoms with Crippen LogP contribution in [0.1, 0.15) is 31.7 Å². The molecule has 0 radical (unpaired) electrons. The van der Waals surface area contributed by atoms with Gasteiger partial charge in [-0.1, -0.05) is 18.5 Å². The Labute approximate surface area is 125 Å². The number of piperidine rings is 1. The summed E-state index contributed by atoms with van der Waals surface area (Å²) >= 11 is 6.00. The maximum absolute atomic E-state index is 7.71. The van der Waals surface area contributed by atoms with Crippen LogP contribution in [0, 0.1) is 5.41 Å². The van der Waals surface area contributed by atoms with Crippen LogP contribution in [-0.2, 0) is 4.74 Å². The molecule has 1 fully saturated rings. The van der Waals surface area contributed by atoms with Crippen LogP contribution in [0.5, 0.6) is 0 Å². The number of rotatable bonds is 5. The molecule has 0 aliphatic carbocycles. The van der Waals surface area contributed by atoms with E-state index in [0.717, 1.165) is 44.6 Å². The zero-order valence-corrected chi connectivity index (χ0v) is 12.6. The highest BCUT2D eigenvalue weighted by atomic mass is 35.5. The van der Waals surface area contributed by atoms with Gasteiger partial charge in [-0.25, -0.2) is 0 Å². The molecule has 0 amide bonds. The molecule has 0 spiro atoms. The molecule has 5 heteroatoms. The van der Waals surface area contributed by atoms with Gasteiger partial charge in [-0.05, 0) is 37.5 Å². The standard InChI is InChI=1S/C15H22ClN3O/c1-2-8-20-12-4-3-7-19(10-12)14-6-5-11(16)9-13(14)15(17)18/h5-6,9,12H,2-4,7-8,10H2,1H3,(H3,17,18). The summed E-state index contributed by atoms with van der Waals surface area (Å²) in [6.45, 7) is 4.74. The van der Waals surface area contributed by atoms with Gasteiger partial charge in [-0.2, -0.15) is 0 Å². The molecule has 1 atom stereocenters. The molecule has 3 N–H and O–H groups in total. The van der Waals surface area contributed by atoms with Crippen LogP contribution in [0.3, 0.4) is 0 Å². The van der Waals surface area contributed by atoms with Gasteiger partial charge in [0.15, 0.2) is 0 Å². The molecule has 110 valence electrons. The van der Waals surface area contributed by atoms with E-state index in [9.17, 15) is 0 Å². The van der Waals surface area contributed by atoms with Gasteiger partial charge < -0.3 is 15.4 Å². The fourth-order valence-electron chi connectivity index (χ4n) is 2.58. The molecule has 1 aromatic rings. The summed E-state index contributed by atoms with van der Waals surface area (Å²) in [6, 6.07) is 5.55. The molecule has 2 rings (SSSR count). The summed E-state index contributed by atoms with van der Waals surface area (Å²) in [5.41, 5.74) is 7.35. The van der Waals surface area contributed by atoms with Crippen LogP contribution in [-0.4, -0.2) is 31.6 Å². The predicted octanol–water partition coefficient (Wildman–Crippen LogP) is 3.02. The van der Waals surface area contributed by atoms with Crippen molar-refractivity contribution >= 4 is 23.1 Å². The van der Waals surface area contributed by atoms with Crippen molar-refractivity contribution in [2.24, 2.45) is 5.73 Å². The third-order valence-corrected chi connectivity index (χ3v) is 3.76. The number of hydrogen-bond acceptors (Lipinski definition) is 3. The van der Waals surface area contributed by atoms with Crippen molar-refractivity contribution in [1.29, 1.82) is 5.41 Å². The molecule has 1 aliphatic rings. The van der Waals surface area contributed by atoms with Crippen molar-refractivity contribution < 1.29 is 4.74 Å². The number of nitrogen functional groups attached to an aromatic ring is 1. The number of anilines is 1. The fraction of sp³-hybridized carbons (Fsp3) is 0.533. The minimum absolute atomic E-state index is 0.0547. The smallest absolute Gasteiger partial charge is 0.124 e. The number of amidine groups is 1. The number of nitrogens with zero attached hydrogens (tertiary/aromatic N) is 1. The van der Waals surface area contributed by atoms with Crippen molar-refractivity contribution in [2.75, 3.05) is 24.6 Å². The summed E-state index contributed by atoms with van der Waals surface area (Å²) in [4.78, 5) is 2.25. The number of hydrogen-bond donors (Lipinski definition) is 2. The minimum Gasteiger partial charge on any atom is -0.384 e. The summed E-state index contributed by atoms with van der Waals surface area (Å²) in [7, 11) is 0. The molecule has 20 heavy (non-hydrogen) atoms. The molecule has 0 saturated carbocycles. The lowest BCUT2D eigenvalue weighted by Crippen LogP contribution is -2.40. The van der Waals surface area contributed by atoms with Crippen LogP contribution >= 0.6 is 11.6 Å². The quantitative estimate of drug-likeness (QED) is 0.648. The number of ether oxygens (including phenoxy) is 1. The highest BCUT2D eigenvalue weighted by Gasteiger charge is 2.22. The Morgan fingerprint density at radius 1 is 1.55 bits per heavy atom. The van der Waals surface area contributed by atoms with E-state index in [1.165, 1.54) is 0 Å². The number of halogens is 1. The van der Waals surface area contributed by atoms with E-state index in [1.807, 2.05) is 12.1 Å². The molecule has 1 aromatic carbocycles. The maximum Gasteiger partial charge on any atom is 0.124 e. The van der Waals surface area contributed by atoms with E-state index in [0.29, 0.717) is 10.6 Å². The minimum atomic E-state index is 0.0547. The first kappa shape index (κ1) is 15.1. The number of benzene rings is 1. The first-order valence-electron chi connectivity index (χ1n) is 7.12. The molecular formula is C15H22ClN3O. The Hall–Kier alpha value is -1.26. The Kier molecular flexibility index (Phi) is 5.26. The van der Waals surface area contributed by atoms with Gasteiger partial charge in [-0.3, -0.25) is 5.41 Å². The van der Waals surface area contributed by atoms with E-state index in [2.05, 4.69) is 11.8 Å². The van der Waals surface area contributed by atoms with Gasteiger partial charge in [0.2, 0.25) is 0 Å². The van der Waals surface area contributed by atoms with E-state index in [-0.39, 0.29) is 11.9 Å². The lowest BCUT2D eigenvalue weighted by atomic mass is 10.0. The van der Waals surface area contributed by atoms with Crippen LogP contribution in [0.2, 0.25) is 5.02 Å². The van der Waals surface area contributed by atoms with Crippen molar-refractivity contribution in [2.45, 2.75) is 32.3 Å². The van der Waals surface area contributed by atoms with Gasteiger partial charge >= 0.3 is 0 Å². The average Bonchev–Trinajstić information content (AvgIpc) is 2.45. The maximum atomic E-state index is 7.71.